The lowest BCUT2D eigenvalue weighted by atomic mass is 10.2. The number of nitrogens with one attached hydrogen (secondary N) is 1. The van der Waals surface area contributed by atoms with Gasteiger partial charge in [0.15, 0.2) is 6.10 Å². The van der Waals surface area contributed by atoms with Crippen molar-refractivity contribution in [3.05, 3.63) is 59.9 Å². The highest BCUT2D eigenvalue weighted by molar-refractivity contribution is 5.98. The molecule has 0 saturated carbocycles. The minimum atomic E-state index is -1.09. The highest BCUT2D eigenvalue weighted by Gasteiger charge is 2.21. The number of ether oxygens (including phenoxy) is 2. The quantitative estimate of drug-likeness (QED) is 0.824. The number of esters is 1. The van der Waals surface area contributed by atoms with Gasteiger partial charge in [0.1, 0.15) is 11.6 Å². The van der Waals surface area contributed by atoms with Crippen molar-refractivity contribution < 1.29 is 23.5 Å². The summed E-state index contributed by atoms with van der Waals surface area (Å²) in [4.78, 5) is 24.1. The summed E-state index contributed by atoms with van der Waals surface area (Å²) in [7, 11) is 0. The Labute approximate surface area is 139 Å². The summed E-state index contributed by atoms with van der Waals surface area (Å²) >= 11 is 0. The number of benzene rings is 2. The minimum absolute atomic E-state index is 0.216. The molecule has 24 heavy (non-hydrogen) atoms. The average molecular weight is 331 g/mol. The van der Waals surface area contributed by atoms with Crippen LogP contribution < -0.4 is 10.1 Å². The Hall–Kier alpha value is -2.89. The third-order valence-corrected chi connectivity index (χ3v) is 3.19. The molecule has 0 aliphatic carbocycles. The second-order valence-electron chi connectivity index (χ2n) is 4.95. The highest BCUT2D eigenvalue weighted by atomic mass is 19.1. The number of para-hydroxylation sites is 2. The number of hydrogen-bond donors (Lipinski definition) is 1. The first-order valence-corrected chi connectivity index (χ1v) is 7.51. The largest absolute Gasteiger partial charge is 0.492 e. The molecule has 1 N–H and O–H groups in total. The zero-order chi connectivity index (χ0) is 17.5. The Morgan fingerprint density at radius 3 is 2.50 bits per heavy atom. The molecule has 1 atom stereocenters. The maximum atomic E-state index is 13.6. The van der Waals surface area contributed by atoms with Crippen molar-refractivity contribution in [1.29, 1.82) is 0 Å². The van der Waals surface area contributed by atoms with E-state index in [9.17, 15) is 14.0 Å². The molecule has 0 saturated heterocycles. The number of carbonyl (C=O) groups is 2. The lowest BCUT2D eigenvalue weighted by Gasteiger charge is -2.15. The second-order valence-corrected chi connectivity index (χ2v) is 4.95. The van der Waals surface area contributed by atoms with Crippen molar-refractivity contribution in [2.24, 2.45) is 0 Å². The van der Waals surface area contributed by atoms with Crippen molar-refractivity contribution >= 4 is 17.6 Å². The third-order valence-electron chi connectivity index (χ3n) is 3.19. The van der Waals surface area contributed by atoms with Crippen LogP contribution in [0.1, 0.15) is 24.2 Å². The second kappa shape index (κ2) is 8.10. The van der Waals surface area contributed by atoms with E-state index in [0.29, 0.717) is 18.0 Å². The zero-order valence-corrected chi connectivity index (χ0v) is 13.4. The number of hydrogen-bond acceptors (Lipinski definition) is 4. The molecule has 0 spiro atoms. The lowest BCUT2D eigenvalue weighted by Crippen LogP contribution is -2.30. The van der Waals surface area contributed by atoms with Gasteiger partial charge in [0, 0.05) is 0 Å². The molecule has 2 aromatic carbocycles. The molecule has 0 heterocycles. The Morgan fingerprint density at radius 2 is 1.79 bits per heavy atom. The van der Waals surface area contributed by atoms with Gasteiger partial charge in [0.05, 0.1) is 17.9 Å². The van der Waals surface area contributed by atoms with Gasteiger partial charge in [-0.05, 0) is 38.1 Å². The smallest absolute Gasteiger partial charge is 0.341 e. The third kappa shape index (κ3) is 4.32. The van der Waals surface area contributed by atoms with E-state index in [2.05, 4.69) is 5.32 Å². The van der Waals surface area contributed by atoms with E-state index in [1.807, 2.05) is 6.92 Å². The van der Waals surface area contributed by atoms with E-state index in [-0.39, 0.29) is 5.56 Å². The highest BCUT2D eigenvalue weighted by Crippen LogP contribution is 2.24. The van der Waals surface area contributed by atoms with Crippen molar-refractivity contribution in [2.75, 3.05) is 11.9 Å². The van der Waals surface area contributed by atoms with Crippen molar-refractivity contribution in [1.82, 2.24) is 0 Å². The van der Waals surface area contributed by atoms with Crippen LogP contribution >= 0.6 is 0 Å². The Balaban J connectivity index is 2.03. The normalized spacial score (nSPS) is 11.5. The number of carbonyl (C=O) groups excluding carboxylic acids is 2. The number of amides is 1. The lowest BCUT2D eigenvalue weighted by molar-refractivity contribution is -0.123. The Morgan fingerprint density at radius 1 is 1.12 bits per heavy atom. The first-order chi connectivity index (χ1) is 11.5. The van der Waals surface area contributed by atoms with E-state index >= 15 is 0 Å². The molecule has 126 valence electrons. The van der Waals surface area contributed by atoms with Crippen LogP contribution in [0, 0.1) is 5.82 Å². The van der Waals surface area contributed by atoms with Gasteiger partial charge in [-0.15, -0.1) is 0 Å². The van der Waals surface area contributed by atoms with Crippen LogP contribution in [0.15, 0.2) is 48.5 Å². The number of anilines is 1. The summed E-state index contributed by atoms with van der Waals surface area (Å²) < 4.78 is 24.0. The topological polar surface area (TPSA) is 64.6 Å². The predicted octanol–water partition coefficient (Wildman–Crippen LogP) is 3.41. The first-order valence-electron chi connectivity index (χ1n) is 7.51. The van der Waals surface area contributed by atoms with Gasteiger partial charge in [-0.2, -0.15) is 0 Å². The van der Waals surface area contributed by atoms with E-state index in [4.69, 9.17) is 9.47 Å². The van der Waals surface area contributed by atoms with Gasteiger partial charge < -0.3 is 14.8 Å². The minimum Gasteiger partial charge on any atom is -0.492 e. The van der Waals surface area contributed by atoms with Gasteiger partial charge in [0.25, 0.3) is 5.91 Å². The fourth-order valence-corrected chi connectivity index (χ4v) is 1.99. The summed E-state index contributed by atoms with van der Waals surface area (Å²) in [5.41, 5.74) is 0.255. The summed E-state index contributed by atoms with van der Waals surface area (Å²) in [6.45, 7) is 3.69. The van der Waals surface area contributed by atoms with Crippen LogP contribution in [-0.4, -0.2) is 24.6 Å². The van der Waals surface area contributed by atoms with E-state index in [0.717, 1.165) is 6.07 Å². The fourth-order valence-electron chi connectivity index (χ4n) is 1.99. The molecule has 5 nitrogen and oxygen atoms in total. The van der Waals surface area contributed by atoms with Gasteiger partial charge >= 0.3 is 5.97 Å². The van der Waals surface area contributed by atoms with Gasteiger partial charge in [-0.25, -0.2) is 9.18 Å². The Bertz CT molecular complexity index is 732. The molecule has 0 bridgehead atoms. The first kappa shape index (κ1) is 17.5. The average Bonchev–Trinajstić information content (AvgIpc) is 2.57. The van der Waals surface area contributed by atoms with E-state index in [1.54, 1.807) is 24.3 Å². The van der Waals surface area contributed by atoms with Gasteiger partial charge in [0.2, 0.25) is 0 Å². The van der Waals surface area contributed by atoms with Crippen molar-refractivity contribution in [3.63, 3.8) is 0 Å². The number of halogens is 1. The standard InChI is InChI=1S/C18H18FNO4/c1-3-23-16-11-7-6-10-15(16)20-17(21)12(2)24-18(22)13-8-4-5-9-14(13)19/h4-12H,3H2,1-2H3,(H,20,21). The molecule has 1 amide bonds. The van der Waals surface area contributed by atoms with E-state index in [1.165, 1.54) is 25.1 Å². The van der Waals surface area contributed by atoms with Gasteiger partial charge in [-0.3, -0.25) is 4.79 Å². The molecule has 0 aliphatic rings. The van der Waals surface area contributed by atoms with Crippen LogP contribution in [0.4, 0.5) is 10.1 Å². The maximum Gasteiger partial charge on any atom is 0.341 e. The number of rotatable bonds is 6. The van der Waals surface area contributed by atoms with Crippen LogP contribution in [0.5, 0.6) is 5.75 Å². The summed E-state index contributed by atoms with van der Waals surface area (Å²) in [5.74, 6) is -1.61. The van der Waals surface area contributed by atoms with Crippen LogP contribution in [0.2, 0.25) is 0 Å². The summed E-state index contributed by atoms with van der Waals surface area (Å²) in [5, 5.41) is 2.63. The SMILES string of the molecule is CCOc1ccccc1NC(=O)C(C)OC(=O)c1ccccc1F. The predicted molar refractivity (Wildman–Crippen MR) is 87.5 cm³/mol. The molecule has 1 unspecified atom stereocenters. The Kier molecular flexibility index (Phi) is 5.89. The molecular formula is C18H18FNO4. The molecular weight excluding hydrogens is 313 g/mol. The molecule has 6 heteroatoms. The molecule has 0 aromatic heterocycles. The molecule has 2 rings (SSSR count). The van der Waals surface area contributed by atoms with Crippen LogP contribution in [-0.2, 0) is 9.53 Å². The molecule has 0 fully saturated rings. The monoisotopic (exact) mass is 331 g/mol. The van der Waals surface area contributed by atoms with Crippen LogP contribution in [0.3, 0.4) is 0 Å². The summed E-state index contributed by atoms with van der Waals surface area (Å²) in [6.07, 6.45) is -1.09. The van der Waals surface area contributed by atoms with Crippen molar-refractivity contribution in [3.8, 4) is 5.75 Å². The van der Waals surface area contributed by atoms with E-state index < -0.39 is 23.8 Å². The zero-order valence-electron chi connectivity index (χ0n) is 13.4. The molecule has 0 aliphatic heterocycles. The van der Waals surface area contributed by atoms with Gasteiger partial charge in [-0.1, -0.05) is 24.3 Å². The maximum absolute atomic E-state index is 13.6. The fraction of sp³-hybridized carbons (Fsp3) is 0.222. The van der Waals surface area contributed by atoms with Crippen molar-refractivity contribution in [2.45, 2.75) is 20.0 Å². The summed E-state index contributed by atoms with van der Waals surface area (Å²) in [6, 6.07) is 12.3. The van der Waals surface area contributed by atoms with Crippen LogP contribution in [0.25, 0.3) is 0 Å². The molecule has 2 aromatic rings. The molecule has 0 radical (unpaired) electrons.